The van der Waals surface area contributed by atoms with Gasteiger partial charge in [0.05, 0.1) is 21.5 Å². The lowest BCUT2D eigenvalue weighted by Gasteiger charge is -2.30. The fourth-order valence-corrected chi connectivity index (χ4v) is 3.38. The van der Waals surface area contributed by atoms with Gasteiger partial charge in [0.15, 0.2) is 5.06 Å². The van der Waals surface area contributed by atoms with Crippen LogP contribution >= 0.6 is 58.0 Å². The molecule has 1 nitrogen and oxygen atoms in total. The molecule has 0 aromatic carbocycles. The van der Waals surface area contributed by atoms with E-state index < -0.39 is 21.2 Å². The summed E-state index contributed by atoms with van der Waals surface area (Å²) in [4.78, 5) is 0. The van der Waals surface area contributed by atoms with E-state index in [2.05, 4.69) is 0 Å². The summed E-state index contributed by atoms with van der Waals surface area (Å²) < 4.78 is 5.16. The quantitative estimate of drug-likeness (QED) is 0.487. The summed E-state index contributed by atoms with van der Waals surface area (Å²) in [5.41, 5.74) is 0. The van der Waals surface area contributed by atoms with Crippen LogP contribution in [0.25, 0.3) is 0 Å². The first-order valence-corrected chi connectivity index (χ1v) is 5.54. The summed E-state index contributed by atoms with van der Waals surface area (Å²) in [7, 11) is 0. The molecule has 12 heavy (non-hydrogen) atoms. The van der Waals surface area contributed by atoms with Gasteiger partial charge in [-0.05, 0) is 0 Å². The minimum absolute atomic E-state index is 0.263. The summed E-state index contributed by atoms with van der Waals surface area (Å²) in [5.74, 6) is 0. The van der Waals surface area contributed by atoms with Crippen LogP contribution in [0.3, 0.4) is 0 Å². The van der Waals surface area contributed by atoms with Crippen LogP contribution in [0.4, 0.5) is 0 Å². The monoisotopic (exact) mass is 268 g/mol. The molecule has 0 bridgehead atoms. The third-order valence-corrected chi connectivity index (χ3v) is 5.39. The van der Waals surface area contributed by atoms with Gasteiger partial charge in [0.2, 0.25) is 0 Å². The van der Waals surface area contributed by atoms with Crippen molar-refractivity contribution in [3.05, 3.63) is 0 Å². The first-order chi connectivity index (χ1) is 5.48. The smallest absolute Gasteiger partial charge is 0.187 e. The van der Waals surface area contributed by atoms with Crippen molar-refractivity contribution in [3.8, 4) is 0 Å². The first-order valence-electron chi connectivity index (χ1n) is 3.41. The molecule has 0 spiro atoms. The lowest BCUT2D eigenvalue weighted by molar-refractivity contribution is 0.355. The van der Waals surface area contributed by atoms with Gasteiger partial charge >= 0.3 is 0 Å². The topological polar surface area (TPSA) is 12.5 Å². The van der Waals surface area contributed by atoms with E-state index in [0.717, 1.165) is 0 Å². The molecule has 1 heterocycles. The van der Waals surface area contributed by atoms with Crippen LogP contribution in [0, 0.1) is 0 Å². The van der Waals surface area contributed by atoms with Crippen molar-refractivity contribution < 1.29 is 4.74 Å². The van der Waals surface area contributed by atoms with Gasteiger partial charge in [0.1, 0.15) is 6.10 Å². The largest absolute Gasteiger partial charge is 0.346 e. The summed E-state index contributed by atoms with van der Waals surface area (Å²) in [6, 6.07) is 0. The molecule has 0 amide bonds. The van der Waals surface area contributed by atoms with E-state index in [4.69, 9.17) is 62.7 Å². The summed E-state index contributed by atoms with van der Waals surface area (Å²) in [6.07, 6.45) is -0.263. The van der Waals surface area contributed by atoms with Gasteiger partial charge in [-0.3, -0.25) is 0 Å². The van der Waals surface area contributed by atoms with Gasteiger partial charge in [-0.25, -0.2) is 0 Å². The maximum absolute atomic E-state index is 5.97. The minimum Gasteiger partial charge on any atom is -0.346 e. The summed E-state index contributed by atoms with van der Waals surface area (Å²) in [5, 5.41) is -2.57. The van der Waals surface area contributed by atoms with Gasteiger partial charge in [0.25, 0.3) is 0 Å². The second-order valence-electron chi connectivity index (χ2n) is 2.97. The predicted molar refractivity (Wildman–Crippen MR) is 52.0 cm³/mol. The molecular formula is C6H5Cl5O. The van der Waals surface area contributed by atoms with E-state index in [1.54, 1.807) is 0 Å². The standard InChI is InChI=1S/C6H5Cl5O/c7-1-2(8)4(10)6(11)5(12-6)3(1)9/h1-5H/t1-,2-,3-,4+,5-,6+/m1/s1. The van der Waals surface area contributed by atoms with Crippen LogP contribution in [-0.4, -0.2) is 32.7 Å². The highest BCUT2D eigenvalue weighted by Gasteiger charge is 2.70. The minimum atomic E-state index is -0.883. The maximum atomic E-state index is 5.97. The Kier molecular flexibility index (Phi) is 2.44. The highest BCUT2D eigenvalue weighted by molar-refractivity contribution is 6.43. The molecule has 6 heteroatoms. The van der Waals surface area contributed by atoms with Crippen molar-refractivity contribution in [1.82, 2.24) is 0 Å². The third kappa shape index (κ3) is 1.18. The van der Waals surface area contributed by atoms with Crippen LogP contribution in [0.1, 0.15) is 0 Å². The Morgan fingerprint density at radius 2 is 1.50 bits per heavy atom. The fourth-order valence-electron chi connectivity index (χ4n) is 1.39. The predicted octanol–water partition coefficient (Wildman–Crippen LogP) is 2.76. The summed E-state index contributed by atoms with van der Waals surface area (Å²) in [6.45, 7) is 0. The highest BCUT2D eigenvalue weighted by atomic mass is 35.5. The fraction of sp³-hybridized carbons (Fsp3) is 1.00. The van der Waals surface area contributed by atoms with Gasteiger partial charge in [-0.15, -0.1) is 46.4 Å². The Labute approximate surface area is 95.2 Å². The second-order valence-corrected chi connectivity index (χ2v) is 5.54. The molecule has 0 aromatic heterocycles. The molecule has 70 valence electrons. The molecule has 0 radical (unpaired) electrons. The van der Waals surface area contributed by atoms with Gasteiger partial charge < -0.3 is 4.74 Å². The molecular weight excluding hydrogens is 265 g/mol. The van der Waals surface area contributed by atoms with Crippen LogP contribution in [0.2, 0.25) is 0 Å². The van der Waals surface area contributed by atoms with E-state index in [9.17, 15) is 0 Å². The van der Waals surface area contributed by atoms with Crippen LogP contribution < -0.4 is 0 Å². The number of ether oxygens (including phenoxy) is 1. The Morgan fingerprint density at radius 1 is 0.917 bits per heavy atom. The number of hydrogen-bond donors (Lipinski definition) is 0. The molecule has 2 rings (SSSR count). The first kappa shape index (κ1) is 9.95. The van der Waals surface area contributed by atoms with Gasteiger partial charge in [0, 0.05) is 0 Å². The van der Waals surface area contributed by atoms with Crippen molar-refractivity contribution in [2.75, 3.05) is 0 Å². The Morgan fingerprint density at radius 3 is 2.08 bits per heavy atom. The highest BCUT2D eigenvalue weighted by Crippen LogP contribution is 2.56. The van der Waals surface area contributed by atoms with Crippen molar-refractivity contribution >= 4 is 58.0 Å². The molecule has 2 fully saturated rings. The Hall–Kier alpha value is 1.41. The van der Waals surface area contributed by atoms with Gasteiger partial charge in [-0.2, -0.15) is 0 Å². The Balaban J connectivity index is 2.22. The van der Waals surface area contributed by atoms with E-state index >= 15 is 0 Å². The van der Waals surface area contributed by atoms with Crippen molar-refractivity contribution in [3.63, 3.8) is 0 Å². The van der Waals surface area contributed by atoms with Crippen molar-refractivity contribution in [2.24, 2.45) is 0 Å². The lowest BCUT2D eigenvalue weighted by Crippen LogP contribution is -2.48. The molecule has 1 saturated heterocycles. The number of epoxide rings is 1. The number of hydrogen-bond acceptors (Lipinski definition) is 1. The molecule has 6 atom stereocenters. The summed E-state index contributed by atoms with van der Waals surface area (Å²) >= 11 is 29.6. The average molecular weight is 270 g/mol. The zero-order chi connectivity index (χ0) is 9.09. The SMILES string of the molecule is Cl[C@H]1[C@@H](Cl)[C@H]2O[C@@]2(Cl)[C@@H](Cl)[C@@H]1Cl. The zero-order valence-electron chi connectivity index (χ0n) is 5.68. The Bertz CT molecular complexity index is 207. The van der Waals surface area contributed by atoms with E-state index in [1.807, 2.05) is 0 Å². The van der Waals surface area contributed by atoms with Crippen molar-refractivity contribution in [2.45, 2.75) is 32.7 Å². The molecule has 0 N–H and O–H groups in total. The number of halogens is 5. The van der Waals surface area contributed by atoms with Crippen molar-refractivity contribution in [1.29, 1.82) is 0 Å². The average Bonchev–Trinajstić information content (AvgIpc) is 2.72. The molecule has 1 aliphatic heterocycles. The van der Waals surface area contributed by atoms with E-state index in [-0.39, 0.29) is 11.5 Å². The zero-order valence-corrected chi connectivity index (χ0v) is 9.46. The molecule has 0 unspecified atom stereocenters. The molecule has 2 aliphatic rings. The van der Waals surface area contributed by atoms with Crippen LogP contribution in [0.5, 0.6) is 0 Å². The van der Waals surface area contributed by atoms with Gasteiger partial charge in [-0.1, -0.05) is 11.6 Å². The maximum Gasteiger partial charge on any atom is 0.187 e. The van der Waals surface area contributed by atoms with E-state index in [0.29, 0.717) is 0 Å². The third-order valence-electron chi connectivity index (χ3n) is 2.19. The molecule has 1 aliphatic carbocycles. The normalized spacial score (nSPS) is 64.2. The number of rotatable bonds is 0. The molecule has 1 saturated carbocycles. The lowest BCUT2D eigenvalue weighted by atomic mass is 9.98. The number of fused-ring (bicyclic) bond motifs is 1. The number of alkyl halides is 5. The second kappa shape index (κ2) is 2.95. The molecule has 0 aromatic rings. The van der Waals surface area contributed by atoms with Crippen LogP contribution in [-0.2, 0) is 4.74 Å². The van der Waals surface area contributed by atoms with E-state index in [1.165, 1.54) is 0 Å². The van der Waals surface area contributed by atoms with Crippen LogP contribution in [0.15, 0.2) is 0 Å².